The molecule has 2 rings (SSSR count). The minimum atomic E-state index is -0.931. The number of piperidine rings is 1. The quantitative estimate of drug-likeness (QED) is 0.782. The Kier molecular flexibility index (Phi) is 3.01. The molecule has 82 valence electrons. The Balaban J connectivity index is 2.03. The number of nitrogens with one attached hydrogen (secondary N) is 1. The van der Waals surface area contributed by atoms with E-state index in [9.17, 15) is 4.79 Å². The lowest BCUT2D eigenvalue weighted by Gasteiger charge is -2.25. The number of rotatable bonds is 3. The van der Waals surface area contributed by atoms with Crippen LogP contribution in [0.4, 0.5) is 0 Å². The van der Waals surface area contributed by atoms with E-state index in [1.54, 1.807) is 6.20 Å². The molecule has 5 nitrogen and oxygen atoms in total. The highest BCUT2D eigenvalue weighted by Crippen LogP contribution is 2.14. The number of carboxylic acids is 1. The molecule has 5 heteroatoms. The van der Waals surface area contributed by atoms with Gasteiger partial charge >= 0.3 is 5.97 Å². The number of likely N-dealkylation sites (tertiary alicyclic amines) is 1. The van der Waals surface area contributed by atoms with Gasteiger partial charge in [0.2, 0.25) is 0 Å². The molecular formula is C10H15N3O2. The molecule has 0 saturated carbocycles. The highest BCUT2D eigenvalue weighted by Gasteiger charge is 2.16. The Hall–Kier alpha value is -1.36. The van der Waals surface area contributed by atoms with Gasteiger partial charge in [0.1, 0.15) is 5.69 Å². The summed E-state index contributed by atoms with van der Waals surface area (Å²) in [6.07, 6.45) is 5.31. The van der Waals surface area contributed by atoms with E-state index in [1.807, 2.05) is 0 Å². The molecule has 15 heavy (non-hydrogen) atoms. The van der Waals surface area contributed by atoms with Gasteiger partial charge in [-0.25, -0.2) is 4.79 Å². The zero-order chi connectivity index (χ0) is 10.7. The van der Waals surface area contributed by atoms with Crippen LogP contribution in [0.5, 0.6) is 0 Å². The molecule has 0 atom stereocenters. The molecule has 0 unspecified atom stereocenters. The number of carbonyl (C=O) groups is 1. The van der Waals surface area contributed by atoms with Crippen molar-refractivity contribution in [1.29, 1.82) is 0 Å². The lowest BCUT2D eigenvalue weighted by Crippen LogP contribution is -2.29. The summed E-state index contributed by atoms with van der Waals surface area (Å²) in [5.74, 6) is -0.931. The van der Waals surface area contributed by atoms with Crippen LogP contribution in [-0.2, 0) is 6.54 Å². The minimum absolute atomic E-state index is 0.223. The highest BCUT2D eigenvalue weighted by molar-refractivity contribution is 5.86. The van der Waals surface area contributed by atoms with Crippen LogP contribution in [0.25, 0.3) is 0 Å². The molecule has 1 aromatic rings. The number of aromatic nitrogens is 2. The third-order valence-electron chi connectivity index (χ3n) is 2.77. The number of nitrogens with zero attached hydrogens (tertiary/aromatic N) is 2. The van der Waals surface area contributed by atoms with E-state index in [4.69, 9.17) is 5.11 Å². The zero-order valence-electron chi connectivity index (χ0n) is 8.57. The van der Waals surface area contributed by atoms with Crippen molar-refractivity contribution in [3.05, 3.63) is 17.5 Å². The number of H-pyrrole nitrogens is 1. The van der Waals surface area contributed by atoms with Gasteiger partial charge < -0.3 is 5.11 Å². The number of hydrogen-bond acceptors (Lipinski definition) is 3. The van der Waals surface area contributed by atoms with Gasteiger partial charge in [-0.05, 0) is 25.9 Å². The van der Waals surface area contributed by atoms with Crippen LogP contribution in [0.1, 0.15) is 35.3 Å². The van der Waals surface area contributed by atoms with Gasteiger partial charge in [0, 0.05) is 12.1 Å². The summed E-state index contributed by atoms with van der Waals surface area (Å²) in [7, 11) is 0. The molecule has 0 bridgehead atoms. The zero-order valence-corrected chi connectivity index (χ0v) is 8.57. The fourth-order valence-corrected chi connectivity index (χ4v) is 1.97. The molecule has 0 aliphatic carbocycles. The first-order chi connectivity index (χ1) is 7.27. The van der Waals surface area contributed by atoms with Crippen molar-refractivity contribution in [3.63, 3.8) is 0 Å². The van der Waals surface area contributed by atoms with Gasteiger partial charge in [-0.2, -0.15) is 5.10 Å². The van der Waals surface area contributed by atoms with Gasteiger partial charge in [-0.3, -0.25) is 10.00 Å². The molecule has 2 N–H and O–H groups in total. The number of carboxylic acid groups (broad SMARTS) is 1. The molecule has 1 saturated heterocycles. The highest BCUT2D eigenvalue weighted by atomic mass is 16.4. The second kappa shape index (κ2) is 4.44. The third kappa shape index (κ3) is 2.36. The smallest absolute Gasteiger partial charge is 0.354 e. The second-order valence-corrected chi connectivity index (χ2v) is 3.91. The number of hydrogen-bond donors (Lipinski definition) is 2. The van der Waals surface area contributed by atoms with Gasteiger partial charge in [0.15, 0.2) is 0 Å². The first kappa shape index (κ1) is 10.2. The Bertz CT molecular complexity index is 342. The largest absolute Gasteiger partial charge is 0.477 e. The van der Waals surface area contributed by atoms with Crippen LogP contribution in [-0.4, -0.2) is 39.3 Å². The Morgan fingerprint density at radius 2 is 2.20 bits per heavy atom. The molecule has 0 aromatic carbocycles. The number of aromatic carboxylic acids is 1. The van der Waals surface area contributed by atoms with Crippen LogP contribution >= 0.6 is 0 Å². The van der Waals surface area contributed by atoms with E-state index in [2.05, 4.69) is 15.1 Å². The summed E-state index contributed by atoms with van der Waals surface area (Å²) < 4.78 is 0. The van der Waals surface area contributed by atoms with Crippen LogP contribution in [0.3, 0.4) is 0 Å². The molecular weight excluding hydrogens is 194 g/mol. The van der Waals surface area contributed by atoms with Crippen LogP contribution in [0.15, 0.2) is 6.20 Å². The topological polar surface area (TPSA) is 69.2 Å². The lowest BCUT2D eigenvalue weighted by molar-refractivity contribution is 0.0687. The maximum absolute atomic E-state index is 10.8. The van der Waals surface area contributed by atoms with E-state index in [-0.39, 0.29) is 5.69 Å². The number of aromatic amines is 1. The summed E-state index contributed by atoms with van der Waals surface area (Å²) in [6, 6.07) is 0. The van der Waals surface area contributed by atoms with Gasteiger partial charge in [-0.15, -0.1) is 0 Å². The fraction of sp³-hybridized carbons (Fsp3) is 0.600. The Morgan fingerprint density at radius 1 is 1.47 bits per heavy atom. The summed E-state index contributed by atoms with van der Waals surface area (Å²) >= 11 is 0. The molecule has 0 radical (unpaired) electrons. The molecule has 2 heterocycles. The van der Waals surface area contributed by atoms with E-state index in [1.165, 1.54) is 19.3 Å². The predicted molar refractivity (Wildman–Crippen MR) is 54.7 cm³/mol. The third-order valence-corrected chi connectivity index (χ3v) is 2.77. The fourth-order valence-electron chi connectivity index (χ4n) is 1.97. The lowest BCUT2D eigenvalue weighted by atomic mass is 10.1. The van der Waals surface area contributed by atoms with E-state index < -0.39 is 5.97 Å². The molecule has 1 aliphatic heterocycles. The normalized spacial score (nSPS) is 17.9. The molecule has 0 amide bonds. The maximum atomic E-state index is 10.8. The second-order valence-electron chi connectivity index (χ2n) is 3.91. The first-order valence-corrected chi connectivity index (χ1v) is 5.25. The Morgan fingerprint density at radius 3 is 2.87 bits per heavy atom. The van der Waals surface area contributed by atoms with Crippen LogP contribution in [0.2, 0.25) is 0 Å². The monoisotopic (exact) mass is 209 g/mol. The van der Waals surface area contributed by atoms with E-state index in [0.29, 0.717) is 6.54 Å². The maximum Gasteiger partial charge on any atom is 0.354 e. The van der Waals surface area contributed by atoms with Crippen molar-refractivity contribution in [1.82, 2.24) is 15.1 Å². The minimum Gasteiger partial charge on any atom is -0.477 e. The molecule has 0 spiro atoms. The van der Waals surface area contributed by atoms with Gasteiger partial charge in [-0.1, -0.05) is 6.42 Å². The molecule has 1 aromatic heterocycles. The Labute approximate surface area is 88.1 Å². The van der Waals surface area contributed by atoms with Gasteiger partial charge in [0.05, 0.1) is 6.20 Å². The van der Waals surface area contributed by atoms with E-state index >= 15 is 0 Å². The predicted octanol–water partition coefficient (Wildman–Crippen LogP) is 1.09. The standard InChI is InChI=1S/C10H15N3O2/c14-10(15)9-8(6-11-12-9)7-13-4-2-1-3-5-13/h6H,1-5,7H2,(H,11,12)(H,14,15). The van der Waals surface area contributed by atoms with Crippen molar-refractivity contribution >= 4 is 5.97 Å². The summed E-state index contributed by atoms with van der Waals surface area (Å²) in [4.78, 5) is 13.1. The summed E-state index contributed by atoms with van der Waals surface area (Å²) in [6.45, 7) is 2.81. The molecule has 1 aliphatic rings. The summed E-state index contributed by atoms with van der Waals surface area (Å²) in [5.41, 5.74) is 1.00. The van der Waals surface area contributed by atoms with Gasteiger partial charge in [0.25, 0.3) is 0 Å². The molecule has 1 fully saturated rings. The average molecular weight is 209 g/mol. The van der Waals surface area contributed by atoms with Crippen molar-refractivity contribution in [2.24, 2.45) is 0 Å². The SMILES string of the molecule is O=C(O)c1[nH]ncc1CN1CCCCC1. The average Bonchev–Trinajstić information content (AvgIpc) is 2.67. The van der Waals surface area contributed by atoms with Crippen molar-refractivity contribution in [2.75, 3.05) is 13.1 Å². The van der Waals surface area contributed by atoms with Crippen LogP contribution < -0.4 is 0 Å². The van der Waals surface area contributed by atoms with E-state index in [0.717, 1.165) is 18.7 Å². The van der Waals surface area contributed by atoms with Crippen molar-refractivity contribution < 1.29 is 9.90 Å². The first-order valence-electron chi connectivity index (χ1n) is 5.25. The van der Waals surface area contributed by atoms with Crippen molar-refractivity contribution in [3.8, 4) is 0 Å². The van der Waals surface area contributed by atoms with Crippen molar-refractivity contribution in [2.45, 2.75) is 25.8 Å². The van der Waals surface area contributed by atoms with Crippen LogP contribution in [0, 0.1) is 0 Å². The summed E-state index contributed by atoms with van der Waals surface area (Å²) in [5, 5.41) is 15.2.